The van der Waals surface area contributed by atoms with Crippen molar-refractivity contribution >= 4 is 16.8 Å². The van der Waals surface area contributed by atoms with E-state index in [9.17, 15) is 4.79 Å². The third kappa shape index (κ3) is 3.14. The summed E-state index contributed by atoms with van der Waals surface area (Å²) in [6.07, 6.45) is 4.09. The largest absolute Gasteiger partial charge is 0.356 e. The summed E-state index contributed by atoms with van der Waals surface area (Å²) < 4.78 is 15.1. The molecule has 1 atom stereocenters. The van der Waals surface area contributed by atoms with Gasteiger partial charge in [-0.15, -0.1) is 0 Å². The minimum absolute atomic E-state index is 0.153. The van der Waals surface area contributed by atoms with Gasteiger partial charge in [-0.2, -0.15) is 0 Å². The Kier molecular flexibility index (Phi) is 4.57. The topological polar surface area (TPSA) is 64.8 Å². The molecule has 1 aliphatic heterocycles. The SMILES string of the molecule is O=C(c1ccccc1-c1ncc[nH]1)N1CCc2c([nH]c3ccccc23)C1c1ccccc1F. The van der Waals surface area contributed by atoms with Gasteiger partial charge in [0.25, 0.3) is 5.91 Å². The average molecular weight is 436 g/mol. The van der Waals surface area contributed by atoms with E-state index < -0.39 is 6.04 Å². The lowest BCUT2D eigenvalue weighted by Crippen LogP contribution is -2.41. The Bertz CT molecular complexity index is 1470. The maximum atomic E-state index is 15.1. The van der Waals surface area contributed by atoms with Crippen LogP contribution in [0, 0.1) is 5.82 Å². The first-order valence-corrected chi connectivity index (χ1v) is 11.0. The second-order valence-electron chi connectivity index (χ2n) is 8.22. The Morgan fingerprint density at radius 2 is 1.79 bits per heavy atom. The zero-order chi connectivity index (χ0) is 22.4. The van der Waals surface area contributed by atoms with Crippen LogP contribution in [-0.2, 0) is 6.42 Å². The Hall–Kier alpha value is -4.19. The standard InChI is InChI=1S/C27H21FN4O/c28-22-11-5-3-10-21(22)25-24-18(17-7-4-6-12-23(17)31-24)13-16-32(25)27(33)20-9-2-1-8-19(20)26-29-14-15-30-26/h1-12,14-15,25,31H,13,16H2,(H,29,30). The molecule has 162 valence electrons. The third-order valence-corrected chi connectivity index (χ3v) is 6.41. The van der Waals surface area contributed by atoms with E-state index in [-0.39, 0.29) is 11.7 Å². The lowest BCUT2D eigenvalue weighted by atomic mass is 9.91. The van der Waals surface area contributed by atoms with Gasteiger partial charge in [0.1, 0.15) is 17.7 Å². The maximum Gasteiger partial charge on any atom is 0.255 e. The van der Waals surface area contributed by atoms with Crippen molar-refractivity contribution in [2.45, 2.75) is 12.5 Å². The molecule has 6 heteroatoms. The number of para-hydroxylation sites is 1. The van der Waals surface area contributed by atoms with Gasteiger partial charge in [0.05, 0.1) is 5.56 Å². The van der Waals surface area contributed by atoms with E-state index >= 15 is 4.39 Å². The highest BCUT2D eigenvalue weighted by molar-refractivity contribution is 6.01. The number of halogens is 1. The number of H-pyrrole nitrogens is 2. The molecule has 1 amide bonds. The predicted molar refractivity (Wildman–Crippen MR) is 125 cm³/mol. The van der Waals surface area contributed by atoms with Gasteiger partial charge in [-0.25, -0.2) is 9.37 Å². The fraction of sp³-hybridized carbons (Fsp3) is 0.111. The molecule has 3 aromatic carbocycles. The van der Waals surface area contributed by atoms with Gasteiger partial charge in [0.15, 0.2) is 0 Å². The Morgan fingerprint density at radius 3 is 2.64 bits per heavy atom. The summed E-state index contributed by atoms with van der Waals surface area (Å²) in [5, 5.41) is 1.12. The zero-order valence-corrected chi connectivity index (χ0v) is 17.8. The van der Waals surface area contributed by atoms with Crippen LogP contribution < -0.4 is 0 Å². The van der Waals surface area contributed by atoms with Crippen molar-refractivity contribution in [2.75, 3.05) is 6.54 Å². The molecular formula is C27H21FN4O. The van der Waals surface area contributed by atoms with Crippen molar-refractivity contribution in [3.63, 3.8) is 0 Å². The molecule has 0 saturated heterocycles. The normalized spacial score (nSPS) is 15.5. The molecule has 2 aromatic heterocycles. The van der Waals surface area contributed by atoms with Gasteiger partial charge in [0.2, 0.25) is 0 Å². The molecule has 2 N–H and O–H groups in total. The molecule has 6 rings (SSSR count). The molecule has 0 radical (unpaired) electrons. The first-order valence-electron chi connectivity index (χ1n) is 11.0. The predicted octanol–water partition coefficient (Wildman–Crippen LogP) is 5.49. The van der Waals surface area contributed by atoms with Crippen molar-refractivity contribution < 1.29 is 9.18 Å². The van der Waals surface area contributed by atoms with E-state index in [0.717, 1.165) is 27.7 Å². The zero-order valence-electron chi connectivity index (χ0n) is 17.8. The van der Waals surface area contributed by atoms with Crippen molar-refractivity contribution in [3.8, 4) is 11.4 Å². The third-order valence-electron chi connectivity index (χ3n) is 6.41. The van der Waals surface area contributed by atoms with E-state index in [1.54, 1.807) is 35.5 Å². The summed E-state index contributed by atoms with van der Waals surface area (Å²) in [7, 11) is 0. The van der Waals surface area contributed by atoms with Crippen LogP contribution in [0.5, 0.6) is 0 Å². The highest BCUT2D eigenvalue weighted by Crippen LogP contribution is 2.40. The van der Waals surface area contributed by atoms with E-state index in [4.69, 9.17) is 0 Å². The minimum atomic E-state index is -0.556. The Morgan fingerprint density at radius 1 is 1.00 bits per heavy atom. The molecular weight excluding hydrogens is 415 g/mol. The summed E-state index contributed by atoms with van der Waals surface area (Å²) in [6.45, 7) is 0.485. The number of carbonyl (C=O) groups excluding carboxylic acids is 1. The number of hydrogen-bond acceptors (Lipinski definition) is 2. The van der Waals surface area contributed by atoms with Crippen LogP contribution in [0.15, 0.2) is 85.2 Å². The van der Waals surface area contributed by atoms with Crippen LogP contribution in [0.2, 0.25) is 0 Å². The van der Waals surface area contributed by atoms with Gasteiger partial charge >= 0.3 is 0 Å². The molecule has 5 nitrogen and oxygen atoms in total. The summed E-state index contributed by atoms with van der Waals surface area (Å²) in [4.78, 5) is 26.7. The van der Waals surface area contributed by atoms with Crippen molar-refractivity contribution in [3.05, 3.63) is 113 Å². The second-order valence-corrected chi connectivity index (χ2v) is 8.22. The first kappa shape index (κ1) is 19.5. The Balaban J connectivity index is 1.52. The monoisotopic (exact) mass is 436 g/mol. The average Bonchev–Trinajstić information content (AvgIpc) is 3.52. The number of aromatic amines is 2. The van der Waals surface area contributed by atoms with Gasteiger partial charge in [-0.3, -0.25) is 4.79 Å². The number of aromatic nitrogens is 3. The van der Waals surface area contributed by atoms with Crippen LogP contribution >= 0.6 is 0 Å². The Labute approximate surface area is 189 Å². The second kappa shape index (κ2) is 7.74. The molecule has 0 aliphatic carbocycles. The van der Waals surface area contributed by atoms with Gasteiger partial charge < -0.3 is 14.9 Å². The van der Waals surface area contributed by atoms with Crippen LogP contribution in [-0.4, -0.2) is 32.3 Å². The first-order chi connectivity index (χ1) is 16.2. The van der Waals surface area contributed by atoms with Gasteiger partial charge in [-0.05, 0) is 30.2 Å². The fourth-order valence-corrected chi connectivity index (χ4v) is 4.92. The summed E-state index contributed by atoms with van der Waals surface area (Å²) in [5.41, 5.74) is 4.75. The summed E-state index contributed by atoms with van der Waals surface area (Å²) in [6, 6.07) is 21.6. The van der Waals surface area contributed by atoms with E-state index in [0.29, 0.717) is 29.9 Å². The molecule has 0 saturated carbocycles. The lowest BCUT2D eigenvalue weighted by molar-refractivity contribution is 0.0690. The molecule has 1 aliphatic rings. The van der Waals surface area contributed by atoms with E-state index in [1.807, 2.05) is 42.5 Å². The lowest BCUT2D eigenvalue weighted by Gasteiger charge is -2.36. The number of carbonyl (C=O) groups is 1. The van der Waals surface area contributed by atoms with E-state index in [2.05, 4.69) is 21.0 Å². The molecule has 0 bridgehead atoms. The highest BCUT2D eigenvalue weighted by atomic mass is 19.1. The number of imidazole rings is 1. The van der Waals surface area contributed by atoms with Crippen LogP contribution in [0.25, 0.3) is 22.3 Å². The fourth-order valence-electron chi connectivity index (χ4n) is 4.92. The van der Waals surface area contributed by atoms with Gasteiger partial charge in [0, 0.05) is 46.7 Å². The molecule has 3 heterocycles. The molecule has 0 fully saturated rings. The number of hydrogen-bond donors (Lipinski definition) is 2. The van der Waals surface area contributed by atoms with Crippen LogP contribution in [0.3, 0.4) is 0 Å². The number of fused-ring (bicyclic) bond motifs is 3. The smallest absolute Gasteiger partial charge is 0.255 e. The summed E-state index contributed by atoms with van der Waals surface area (Å²) in [5.74, 6) is 0.149. The summed E-state index contributed by atoms with van der Waals surface area (Å²) >= 11 is 0. The molecule has 0 spiro atoms. The van der Waals surface area contributed by atoms with Crippen LogP contribution in [0.1, 0.15) is 33.2 Å². The van der Waals surface area contributed by atoms with Crippen molar-refractivity contribution in [1.29, 1.82) is 0 Å². The number of rotatable bonds is 3. The minimum Gasteiger partial charge on any atom is -0.356 e. The van der Waals surface area contributed by atoms with E-state index in [1.165, 1.54) is 6.07 Å². The van der Waals surface area contributed by atoms with Gasteiger partial charge in [-0.1, -0.05) is 54.6 Å². The van der Waals surface area contributed by atoms with Crippen LogP contribution in [0.4, 0.5) is 4.39 Å². The number of nitrogens with one attached hydrogen (secondary N) is 2. The van der Waals surface area contributed by atoms with Crippen molar-refractivity contribution in [2.24, 2.45) is 0 Å². The molecule has 1 unspecified atom stereocenters. The molecule has 5 aromatic rings. The number of nitrogens with zero attached hydrogens (tertiary/aromatic N) is 2. The highest BCUT2D eigenvalue weighted by Gasteiger charge is 2.37. The molecule has 33 heavy (non-hydrogen) atoms. The quantitative estimate of drug-likeness (QED) is 0.393. The number of amides is 1. The van der Waals surface area contributed by atoms with Crippen molar-refractivity contribution in [1.82, 2.24) is 19.9 Å². The maximum absolute atomic E-state index is 15.1. The number of benzene rings is 3.